The number of nitrogens with zero attached hydrogens (tertiary/aromatic N) is 8. The Morgan fingerprint density at radius 3 is 2.66 bits per heavy atom. The summed E-state index contributed by atoms with van der Waals surface area (Å²) in [4.78, 5) is 20.7. The van der Waals surface area contributed by atoms with Crippen LogP contribution in [0.5, 0.6) is 0 Å². The second-order valence-corrected chi connectivity index (χ2v) is 6.61. The lowest BCUT2D eigenvalue weighted by Gasteiger charge is -2.29. The normalized spacial score (nSPS) is 29.0. The van der Waals surface area contributed by atoms with Gasteiger partial charge in [-0.3, -0.25) is 4.57 Å². The molecular formula is C15H17N9O5. The van der Waals surface area contributed by atoms with Crippen LogP contribution in [-0.4, -0.2) is 80.9 Å². The van der Waals surface area contributed by atoms with Crippen molar-refractivity contribution >= 4 is 29.1 Å². The molecule has 14 nitrogen and oxygen atoms in total. The number of aromatic nitrogens is 6. The predicted molar refractivity (Wildman–Crippen MR) is 96.3 cm³/mol. The van der Waals surface area contributed by atoms with E-state index in [1.54, 1.807) is 0 Å². The van der Waals surface area contributed by atoms with Crippen molar-refractivity contribution < 1.29 is 25.2 Å². The van der Waals surface area contributed by atoms with Crippen LogP contribution in [0, 0.1) is 0 Å². The molecule has 6 N–H and O–H groups in total. The van der Waals surface area contributed by atoms with E-state index in [0.29, 0.717) is 11.2 Å². The summed E-state index contributed by atoms with van der Waals surface area (Å²) in [5.41, 5.74) is 6.73. The average molecular weight is 403 g/mol. The topological polar surface area (TPSA) is 193 Å². The van der Waals surface area contributed by atoms with Gasteiger partial charge in [-0.25, -0.2) is 34.6 Å². The molecule has 5 heterocycles. The molecule has 0 amide bonds. The van der Waals surface area contributed by atoms with Gasteiger partial charge < -0.3 is 30.9 Å². The molecule has 152 valence electrons. The molecule has 5 rings (SSSR count). The maximum atomic E-state index is 10.8. The van der Waals surface area contributed by atoms with Crippen molar-refractivity contribution in [3.05, 3.63) is 24.7 Å². The summed E-state index contributed by atoms with van der Waals surface area (Å²) in [7, 11) is 0. The van der Waals surface area contributed by atoms with Crippen LogP contribution in [0.4, 0.5) is 11.6 Å². The molecule has 29 heavy (non-hydrogen) atoms. The number of nitrogen functional groups attached to an aromatic ring is 1. The van der Waals surface area contributed by atoms with Gasteiger partial charge in [-0.1, -0.05) is 0 Å². The smallest absolute Gasteiger partial charge is 0.194 e. The van der Waals surface area contributed by atoms with E-state index in [1.807, 2.05) is 0 Å². The quantitative estimate of drug-likeness (QED) is 0.311. The van der Waals surface area contributed by atoms with Gasteiger partial charge >= 0.3 is 0 Å². The number of hydrogen-bond acceptors (Lipinski definition) is 12. The number of imidazole rings is 2. The van der Waals surface area contributed by atoms with Crippen molar-refractivity contribution in [2.24, 2.45) is 4.99 Å². The summed E-state index contributed by atoms with van der Waals surface area (Å²) in [6, 6.07) is 0. The summed E-state index contributed by atoms with van der Waals surface area (Å²) >= 11 is 0. The fourth-order valence-electron chi connectivity index (χ4n) is 3.47. The third-order valence-electron chi connectivity index (χ3n) is 4.97. The number of anilines is 1. The van der Waals surface area contributed by atoms with E-state index < -0.39 is 37.4 Å². The fourth-order valence-corrected chi connectivity index (χ4v) is 3.47. The largest absolute Gasteiger partial charge is 0.394 e. The summed E-state index contributed by atoms with van der Waals surface area (Å²) in [6.07, 6.45) is -0.403. The van der Waals surface area contributed by atoms with Crippen LogP contribution in [0.25, 0.3) is 11.2 Å². The van der Waals surface area contributed by atoms with Crippen molar-refractivity contribution in [2.75, 3.05) is 17.3 Å². The molecule has 2 aliphatic rings. The molecule has 3 aromatic heterocycles. The van der Waals surface area contributed by atoms with Gasteiger partial charge in [0.25, 0.3) is 0 Å². The lowest BCUT2D eigenvalue weighted by Crippen LogP contribution is -2.39. The number of nitrogens with two attached hydrogens (primary N) is 1. The Bertz CT molecular complexity index is 1100. The van der Waals surface area contributed by atoms with Crippen molar-refractivity contribution in [1.82, 2.24) is 29.2 Å². The Labute approximate surface area is 162 Å². The van der Waals surface area contributed by atoms with Crippen LogP contribution in [-0.2, 0) is 4.74 Å². The lowest BCUT2D eigenvalue weighted by atomic mass is 10.1. The third-order valence-corrected chi connectivity index (χ3v) is 4.97. The van der Waals surface area contributed by atoms with Crippen LogP contribution in [0.2, 0.25) is 0 Å². The van der Waals surface area contributed by atoms with Crippen LogP contribution in [0.3, 0.4) is 0 Å². The number of ether oxygens (including phenoxy) is 1. The first-order valence-corrected chi connectivity index (χ1v) is 8.65. The van der Waals surface area contributed by atoms with Gasteiger partial charge in [-0.2, -0.15) is 0 Å². The summed E-state index contributed by atoms with van der Waals surface area (Å²) in [5, 5.41) is 41.7. The number of aliphatic imine (C=N–C) groups is 1. The molecule has 14 heteroatoms. The van der Waals surface area contributed by atoms with E-state index in [9.17, 15) is 20.4 Å². The van der Waals surface area contributed by atoms with E-state index in [2.05, 4.69) is 24.9 Å². The van der Waals surface area contributed by atoms with E-state index in [1.165, 1.54) is 39.6 Å². The van der Waals surface area contributed by atoms with Crippen LogP contribution in [0.1, 0.15) is 18.1 Å². The standard InChI is InChI=1S/C15H17N9O5/c16-11-7-13(18-2-17-11)23(4-20-7)24-5-21-12-8(14(24)28)19-3-22(12)15-10(27)9(26)6(1-25)29-15/h2-6,9-10,14-15,25-28H,1H2,(H2,16,17,18)/t6-,9?,10?,14?,15-/m1/s1. The van der Waals surface area contributed by atoms with Gasteiger partial charge in [0.15, 0.2) is 35.3 Å². The molecule has 3 aromatic rings. The molecule has 0 saturated carbocycles. The predicted octanol–water partition coefficient (Wildman–Crippen LogP) is -2.48. The van der Waals surface area contributed by atoms with Crippen LogP contribution >= 0.6 is 0 Å². The number of fused-ring (bicyclic) bond motifs is 2. The number of hydrogen-bond donors (Lipinski definition) is 5. The zero-order chi connectivity index (χ0) is 20.3. The first-order chi connectivity index (χ1) is 14.0. The third kappa shape index (κ3) is 2.51. The van der Waals surface area contributed by atoms with Crippen molar-refractivity contribution in [3.63, 3.8) is 0 Å². The maximum Gasteiger partial charge on any atom is 0.194 e. The Morgan fingerprint density at radius 1 is 1.07 bits per heavy atom. The van der Waals surface area contributed by atoms with E-state index in [0.717, 1.165) is 0 Å². The molecule has 0 aliphatic carbocycles. The number of aliphatic hydroxyl groups is 4. The van der Waals surface area contributed by atoms with Crippen molar-refractivity contribution in [3.8, 4) is 0 Å². The molecule has 3 unspecified atom stereocenters. The maximum absolute atomic E-state index is 10.8. The second kappa shape index (κ2) is 6.43. The molecular weight excluding hydrogens is 386 g/mol. The first-order valence-electron chi connectivity index (χ1n) is 8.65. The van der Waals surface area contributed by atoms with Gasteiger partial charge in [-0.15, -0.1) is 0 Å². The summed E-state index contributed by atoms with van der Waals surface area (Å²) in [6.45, 7) is -0.454. The Kier molecular flexibility index (Phi) is 3.97. The molecule has 0 aromatic carbocycles. The Morgan fingerprint density at radius 2 is 1.90 bits per heavy atom. The zero-order valence-electron chi connectivity index (χ0n) is 14.8. The second-order valence-electron chi connectivity index (χ2n) is 6.61. The highest BCUT2D eigenvalue weighted by molar-refractivity contribution is 5.84. The van der Waals surface area contributed by atoms with Gasteiger partial charge in [0.2, 0.25) is 0 Å². The Hall–Kier alpha value is -3.17. The molecule has 1 fully saturated rings. The molecule has 2 aliphatic heterocycles. The van der Waals surface area contributed by atoms with E-state index in [4.69, 9.17) is 10.5 Å². The van der Waals surface area contributed by atoms with Gasteiger partial charge in [0, 0.05) is 0 Å². The molecule has 1 saturated heterocycles. The highest BCUT2D eigenvalue weighted by atomic mass is 16.6. The van der Waals surface area contributed by atoms with Gasteiger partial charge in [0.05, 0.1) is 12.9 Å². The van der Waals surface area contributed by atoms with Gasteiger partial charge in [0.1, 0.15) is 43.0 Å². The monoisotopic (exact) mass is 403 g/mol. The molecule has 0 bridgehead atoms. The van der Waals surface area contributed by atoms with E-state index >= 15 is 0 Å². The minimum Gasteiger partial charge on any atom is -0.394 e. The van der Waals surface area contributed by atoms with Crippen LogP contribution < -0.4 is 10.7 Å². The summed E-state index contributed by atoms with van der Waals surface area (Å²) in [5.74, 6) is 0.439. The van der Waals surface area contributed by atoms with E-state index in [-0.39, 0.29) is 17.3 Å². The van der Waals surface area contributed by atoms with Gasteiger partial charge in [-0.05, 0) is 0 Å². The highest BCUT2D eigenvalue weighted by Gasteiger charge is 2.45. The van der Waals surface area contributed by atoms with Crippen molar-refractivity contribution in [2.45, 2.75) is 30.8 Å². The average Bonchev–Trinajstić information content (AvgIpc) is 3.40. The first kappa shape index (κ1) is 17.9. The summed E-state index contributed by atoms with van der Waals surface area (Å²) < 4.78 is 8.35. The number of aliphatic hydroxyl groups excluding tert-OH is 4. The SMILES string of the molecule is Nc1ncnc2c1ncn2N1C=Nc2c(ncn2[C@@H]2O[C@H](CO)C(O)C2O)C1O. The van der Waals surface area contributed by atoms with Crippen molar-refractivity contribution in [1.29, 1.82) is 0 Å². The molecule has 0 spiro atoms. The Balaban J connectivity index is 1.50. The lowest BCUT2D eigenvalue weighted by molar-refractivity contribution is -0.0520. The fraction of sp³-hybridized carbons (Fsp3) is 0.400. The zero-order valence-corrected chi connectivity index (χ0v) is 14.8. The molecule has 0 radical (unpaired) electrons. The van der Waals surface area contributed by atoms with Crippen LogP contribution in [0.15, 0.2) is 24.0 Å². The number of rotatable bonds is 3. The highest BCUT2D eigenvalue weighted by Crippen LogP contribution is 2.37. The minimum atomic E-state index is -1.30. The minimum absolute atomic E-state index is 0.189. The molecule has 5 atom stereocenters.